The van der Waals surface area contributed by atoms with Crippen LogP contribution in [0.15, 0.2) is 24.3 Å². The third kappa shape index (κ3) is 5.24. The highest BCUT2D eigenvalue weighted by Crippen LogP contribution is 2.32. The van der Waals surface area contributed by atoms with E-state index in [1.165, 1.54) is 12.1 Å². The first-order chi connectivity index (χ1) is 15.8. The summed E-state index contributed by atoms with van der Waals surface area (Å²) in [5.41, 5.74) is 2.22. The fourth-order valence-corrected chi connectivity index (χ4v) is 4.80. The number of benzene rings is 1. The summed E-state index contributed by atoms with van der Waals surface area (Å²) in [6.45, 7) is 6.03. The van der Waals surface area contributed by atoms with E-state index < -0.39 is 11.7 Å². The smallest absolute Gasteiger partial charge is 0.335 e. The zero-order chi connectivity index (χ0) is 23.6. The van der Waals surface area contributed by atoms with Crippen LogP contribution in [0.1, 0.15) is 52.6 Å². The first-order valence-electron chi connectivity index (χ1n) is 11.7. The number of carbonyl (C=O) groups excluding carboxylic acids is 1. The van der Waals surface area contributed by atoms with Crippen molar-refractivity contribution in [2.75, 3.05) is 33.2 Å². The van der Waals surface area contributed by atoms with E-state index in [0.29, 0.717) is 25.2 Å². The van der Waals surface area contributed by atoms with Crippen LogP contribution in [-0.2, 0) is 32.1 Å². The molecule has 0 spiro atoms. The highest BCUT2D eigenvalue weighted by atomic mass is 19.4. The second-order valence-corrected chi connectivity index (χ2v) is 9.07. The van der Waals surface area contributed by atoms with Crippen LogP contribution in [0, 0.1) is 0 Å². The quantitative estimate of drug-likeness (QED) is 0.714. The van der Waals surface area contributed by atoms with Crippen molar-refractivity contribution < 1.29 is 18.0 Å². The third-order valence-electron chi connectivity index (χ3n) is 6.68. The summed E-state index contributed by atoms with van der Waals surface area (Å²) < 4.78 is 42.0. The normalized spacial score (nSPS) is 19.5. The van der Waals surface area contributed by atoms with Crippen molar-refractivity contribution in [1.29, 1.82) is 0 Å². The molecule has 1 fully saturated rings. The Balaban J connectivity index is 1.51. The second-order valence-electron chi connectivity index (χ2n) is 9.07. The van der Waals surface area contributed by atoms with Gasteiger partial charge in [-0.1, -0.05) is 25.1 Å². The summed E-state index contributed by atoms with van der Waals surface area (Å²) in [6, 6.07) is 5.69. The van der Waals surface area contributed by atoms with Gasteiger partial charge in [-0.25, -0.2) is 0 Å². The molecule has 1 aromatic carbocycles. The first kappa shape index (κ1) is 23.8. The Labute approximate surface area is 192 Å². The largest absolute Gasteiger partial charge is 0.416 e. The van der Waals surface area contributed by atoms with Crippen LogP contribution in [0.4, 0.5) is 13.2 Å². The predicted molar refractivity (Wildman–Crippen MR) is 120 cm³/mol. The maximum absolute atomic E-state index is 13.3. The minimum Gasteiger partial charge on any atom is -0.335 e. The molecule has 1 saturated heterocycles. The van der Waals surface area contributed by atoms with E-state index >= 15 is 0 Å². The molecule has 180 valence electrons. The molecule has 33 heavy (non-hydrogen) atoms. The highest BCUT2D eigenvalue weighted by molar-refractivity contribution is 5.94. The van der Waals surface area contributed by atoms with Gasteiger partial charge in [0, 0.05) is 56.6 Å². The van der Waals surface area contributed by atoms with Crippen molar-refractivity contribution in [3.05, 3.63) is 52.3 Å². The summed E-state index contributed by atoms with van der Waals surface area (Å²) in [6.07, 6.45) is -1.29. The monoisotopic (exact) mass is 463 g/mol. The van der Waals surface area contributed by atoms with Crippen molar-refractivity contribution in [1.82, 2.24) is 24.9 Å². The zero-order valence-electron chi connectivity index (χ0n) is 19.3. The first-order valence-corrected chi connectivity index (χ1v) is 11.7. The molecule has 0 saturated carbocycles. The van der Waals surface area contributed by atoms with Crippen molar-refractivity contribution in [2.24, 2.45) is 0 Å². The van der Waals surface area contributed by atoms with Crippen LogP contribution in [0.3, 0.4) is 0 Å². The van der Waals surface area contributed by atoms with Crippen LogP contribution in [0.25, 0.3) is 0 Å². The lowest BCUT2D eigenvalue weighted by Crippen LogP contribution is -2.47. The highest BCUT2D eigenvalue weighted by Gasteiger charge is 2.34. The Morgan fingerprint density at radius 1 is 1.18 bits per heavy atom. The number of rotatable bonds is 6. The van der Waals surface area contributed by atoms with E-state index in [2.05, 4.69) is 17.1 Å². The lowest BCUT2D eigenvalue weighted by molar-refractivity contribution is -0.138. The lowest BCUT2D eigenvalue weighted by Gasteiger charge is -2.32. The topological polar surface area (TPSA) is 53.4 Å². The van der Waals surface area contributed by atoms with Crippen molar-refractivity contribution in [3.63, 3.8) is 0 Å². The summed E-state index contributed by atoms with van der Waals surface area (Å²) >= 11 is 0. The maximum atomic E-state index is 13.3. The van der Waals surface area contributed by atoms with Crippen LogP contribution in [0.2, 0.25) is 0 Å². The number of likely N-dealkylation sites (N-methyl/N-ethyl adjacent to an activating group) is 1. The Kier molecular flexibility index (Phi) is 7.09. The van der Waals surface area contributed by atoms with Gasteiger partial charge in [0.1, 0.15) is 0 Å². The van der Waals surface area contributed by atoms with Gasteiger partial charge in [0.25, 0.3) is 5.91 Å². The van der Waals surface area contributed by atoms with Crippen LogP contribution in [0.5, 0.6) is 0 Å². The predicted octanol–water partition coefficient (Wildman–Crippen LogP) is 3.35. The number of nitrogens with zero attached hydrogens (tertiary/aromatic N) is 4. The maximum Gasteiger partial charge on any atom is 0.416 e. The van der Waals surface area contributed by atoms with Gasteiger partial charge in [0.15, 0.2) is 5.69 Å². The van der Waals surface area contributed by atoms with Crippen LogP contribution >= 0.6 is 0 Å². The molecule has 0 unspecified atom stereocenters. The van der Waals surface area contributed by atoms with Gasteiger partial charge in [0.2, 0.25) is 0 Å². The molecular formula is C24H32F3N5O. The van der Waals surface area contributed by atoms with Gasteiger partial charge in [-0.15, -0.1) is 0 Å². The number of nitrogens with one attached hydrogen (secondary N) is 1. The summed E-state index contributed by atoms with van der Waals surface area (Å²) in [4.78, 5) is 17.4. The zero-order valence-corrected chi connectivity index (χ0v) is 19.3. The molecule has 2 heterocycles. The molecule has 0 bridgehead atoms. The molecule has 6 nitrogen and oxygen atoms in total. The number of aromatic nitrogens is 2. The molecule has 1 aromatic heterocycles. The molecule has 1 atom stereocenters. The molecule has 1 amide bonds. The molecule has 1 N–H and O–H groups in total. The van der Waals surface area contributed by atoms with Crippen LogP contribution < -0.4 is 5.32 Å². The number of fused-ring (bicyclic) bond motifs is 1. The number of halogens is 3. The summed E-state index contributed by atoms with van der Waals surface area (Å²) in [7, 11) is 2.05. The summed E-state index contributed by atoms with van der Waals surface area (Å²) in [5.74, 6) is -0.0303. The minimum atomic E-state index is -4.37. The number of carbonyl (C=O) groups is 1. The molecule has 1 aliphatic heterocycles. The van der Waals surface area contributed by atoms with Crippen molar-refractivity contribution in [3.8, 4) is 0 Å². The van der Waals surface area contributed by atoms with E-state index in [9.17, 15) is 18.0 Å². The van der Waals surface area contributed by atoms with Gasteiger partial charge in [-0.3, -0.25) is 9.48 Å². The van der Waals surface area contributed by atoms with Crippen molar-refractivity contribution >= 4 is 5.91 Å². The Morgan fingerprint density at radius 3 is 2.61 bits per heavy atom. The summed E-state index contributed by atoms with van der Waals surface area (Å²) in [5, 5.41) is 8.03. The number of amides is 1. The van der Waals surface area contributed by atoms with Crippen molar-refractivity contribution in [2.45, 2.75) is 57.9 Å². The van der Waals surface area contributed by atoms with E-state index in [0.717, 1.165) is 56.2 Å². The van der Waals surface area contributed by atoms with Gasteiger partial charge in [0.05, 0.1) is 5.56 Å². The molecule has 4 rings (SSSR count). The van der Waals surface area contributed by atoms with Gasteiger partial charge < -0.3 is 15.1 Å². The molecule has 2 aromatic rings. The third-order valence-corrected chi connectivity index (χ3v) is 6.68. The van der Waals surface area contributed by atoms with E-state index in [1.807, 2.05) is 16.6 Å². The second kappa shape index (κ2) is 9.85. The lowest BCUT2D eigenvalue weighted by atomic mass is 9.90. The molecule has 1 aliphatic carbocycles. The fourth-order valence-electron chi connectivity index (χ4n) is 4.80. The average Bonchev–Trinajstić information content (AvgIpc) is 3.15. The minimum absolute atomic E-state index is 0.00268. The number of hydrogen-bond donors (Lipinski definition) is 1. The molecule has 2 aliphatic rings. The SMILES string of the molecule is CCCn1nc(C(=O)N2CCN(C)CC2)c2c1CC[C@@H](NCc1ccccc1C(F)(F)F)C2. The fraction of sp³-hybridized carbons (Fsp3) is 0.583. The standard InChI is InChI=1S/C24H32F3N5O/c1-3-10-32-21-9-8-18(28-16-17-6-4-5-7-20(17)24(25,26)27)15-19(21)22(29-32)23(33)31-13-11-30(2)12-14-31/h4-7,18,28H,3,8-16H2,1-2H3/t18-/m1/s1. The number of hydrogen-bond acceptors (Lipinski definition) is 4. The van der Waals surface area contributed by atoms with Gasteiger partial charge in [-0.05, 0) is 44.4 Å². The van der Waals surface area contributed by atoms with Gasteiger partial charge >= 0.3 is 6.18 Å². The number of piperazine rings is 1. The molecule has 9 heteroatoms. The Hall–Kier alpha value is -2.39. The number of aryl methyl sites for hydroxylation is 1. The molecular weight excluding hydrogens is 431 g/mol. The average molecular weight is 464 g/mol. The van der Waals surface area contributed by atoms with Crippen LogP contribution in [-0.4, -0.2) is 64.8 Å². The Morgan fingerprint density at radius 2 is 1.91 bits per heavy atom. The van der Waals surface area contributed by atoms with Gasteiger partial charge in [-0.2, -0.15) is 18.3 Å². The molecule has 0 radical (unpaired) electrons. The van der Waals surface area contributed by atoms with E-state index in [4.69, 9.17) is 5.10 Å². The number of alkyl halides is 3. The van der Waals surface area contributed by atoms with E-state index in [-0.39, 0.29) is 24.1 Å². The van der Waals surface area contributed by atoms with E-state index in [1.54, 1.807) is 6.07 Å². The Bertz CT molecular complexity index is 979.